The summed E-state index contributed by atoms with van der Waals surface area (Å²) in [6.45, 7) is 0.727. The second kappa shape index (κ2) is 6.53. The fourth-order valence-electron chi connectivity index (χ4n) is 1.41. The van der Waals surface area contributed by atoms with Crippen molar-refractivity contribution in [2.45, 2.75) is 12.6 Å². The Hall–Kier alpha value is -1.37. The Balaban J connectivity index is 1.68. The summed E-state index contributed by atoms with van der Waals surface area (Å²) in [5, 5.41) is 20.9. The monoisotopic (exact) mass is 282 g/mol. The van der Waals surface area contributed by atoms with Gasteiger partial charge >= 0.3 is 6.03 Å². The number of hydrogen-bond donors (Lipinski definition) is 3. The number of rotatable bonds is 5. The topological polar surface area (TPSA) is 61.4 Å². The molecule has 0 bridgehead atoms. The third-order valence-electron chi connectivity index (χ3n) is 2.39. The van der Waals surface area contributed by atoms with Gasteiger partial charge in [0.15, 0.2) is 0 Å². The lowest BCUT2D eigenvalue weighted by Gasteiger charge is -2.11. The van der Waals surface area contributed by atoms with Gasteiger partial charge in [0.2, 0.25) is 0 Å². The van der Waals surface area contributed by atoms with Gasteiger partial charge in [-0.2, -0.15) is 11.3 Å². The Labute approximate surface area is 113 Å². The molecule has 6 heteroatoms. The summed E-state index contributed by atoms with van der Waals surface area (Å²) in [5.41, 5.74) is 0.832. The van der Waals surface area contributed by atoms with E-state index < -0.39 is 6.10 Å². The molecular weight excluding hydrogens is 268 g/mol. The predicted octanol–water partition coefficient (Wildman–Crippen LogP) is 2.34. The highest BCUT2D eigenvalue weighted by atomic mass is 32.1. The standard InChI is InChI=1S/C12H14N2O2S2/c15-11(9-3-5-17-8-9)7-14-12(16)13-6-10-2-1-4-18-10/h1-5,8,11,15H,6-7H2,(H2,13,14,16)/t11-/m1/s1. The first kappa shape index (κ1) is 13.1. The van der Waals surface area contributed by atoms with Gasteiger partial charge in [-0.1, -0.05) is 6.07 Å². The maximum absolute atomic E-state index is 11.5. The van der Waals surface area contributed by atoms with E-state index in [1.54, 1.807) is 11.3 Å². The van der Waals surface area contributed by atoms with Crippen LogP contribution in [0, 0.1) is 0 Å². The molecule has 0 unspecified atom stereocenters. The highest BCUT2D eigenvalue weighted by Gasteiger charge is 2.09. The summed E-state index contributed by atoms with van der Waals surface area (Å²) in [6.07, 6.45) is -0.649. The van der Waals surface area contributed by atoms with Crippen LogP contribution < -0.4 is 10.6 Å². The highest BCUT2D eigenvalue weighted by molar-refractivity contribution is 7.09. The number of carbonyl (C=O) groups excluding carboxylic acids is 1. The molecule has 2 aromatic heterocycles. The Morgan fingerprint density at radius 1 is 1.33 bits per heavy atom. The van der Waals surface area contributed by atoms with Crippen LogP contribution in [0.1, 0.15) is 16.5 Å². The van der Waals surface area contributed by atoms with E-state index in [9.17, 15) is 9.90 Å². The minimum Gasteiger partial charge on any atom is -0.387 e. The van der Waals surface area contributed by atoms with Crippen LogP contribution in [-0.2, 0) is 6.54 Å². The molecule has 4 nitrogen and oxygen atoms in total. The molecule has 0 saturated carbocycles. The number of aliphatic hydroxyl groups excluding tert-OH is 1. The van der Waals surface area contributed by atoms with Crippen LogP contribution in [0.25, 0.3) is 0 Å². The average molecular weight is 282 g/mol. The molecule has 0 aromatic carbocycles. The second-order valence-electron chi connectivity index (χ2n) is 3.72. The lowest BCUT2D eigenvalue weighted by Crippen LogP contribution is -2.37. The zero-order valence-electron chi connectivity index (χ0n) is 9.63. The molecule has 0 radical (unpaired) electrons. The third kappa shape index (κ3) is 3.83. The van der Waals surface area contributed by atoms with E-state index in [1.165, 1.54) is 11.3 Å². The molecule has 0 spiro atoms. The maximum Gasteiger partial charge on any atom is 0.315 e. The smallest absolute Gasteiger partial charge is 0.315 e. The van der Waals surface area contributed by atoms with E-state index in [0.717, 1.165) is 10.4 Å². The molecule has 96 valence electrons. The van der Waals surface area contributed by atoms with Crippen molar-refractivity contribution in [3.63, 3.8) is 0 Å². The maximum atomic E-state index is 11.5. The summed E-state index contributed by atoms with van der Waals surface area (Å²) in [7, 11) is 0. The first-order chi connectivity index (χ1) is 8.75. The number of urea groups is 1. The zero-order chi connectivity index (χ0) is 12.8. The summed E-state index contributed by atoms with van der Waals surface area (Å²) < 4.78 is 0. The fraction of sp³-hybridized carbons (Fsp3) is 0.250. The van der Waals surface area contributed by atoms with Gasteiger partial charge < -0.3 is 15.7 Å². The molecule has 0 aliphatic heterocycles. The number of nitrogens with one attached hydrogen (secondary N) is 2. The van der Waals surface area contributed by atoms with Gasteiger partial charge in [0.25, 0.3) is 0 Å². The molecule has 18 heavy (non-hydrogen) atoms. The SMILES string of the molecule is O=C(NCc1cccs1)NC[C@@H](O)c1ccsc1. The van der Waals surface area contributed by atoms with Crippen molar-refractivity contribution in [3.8, 4) is 0 Å². The Kier molecular flexibility index (Phi) is 4.74. The Bertz CT molecular complexity index is 468. The molecule has 2 amide bonds. The number of thiophene rings is 2. The van der Waals surface area contributed by atoms with Gasteiger partial charge in [-0.05, 0) is 33.8 Å². The predicted molar refractivity (Wildman–Crippen MR) is 73.8 cm³/mol. The fourth-order valence-corrected chi connectivity index (χ4v) is 2.77. The van der Waals surface area contributed by atoms with Crippen molar-refractivity contribution >= 4 is 28.7 Å². The van der Waals surface area contributed by atoms with E-state index >= 15 is 0 Å². The first-order valence-corrected chi connectivity index (χ1v) is 7.32. The van der Waals surface area contributed by atoms with E-state index in [4.69, 9.17) is 0 Å². The van der Waals surface area contributed by atoms with Gasteiger partial charge in [-0.3, -0.25) is 0 Å². The molecule has 0 fully saturated rings. The van der Waals surface area contributed by atoms with Crippen LogP contribution in [0.3, 0.4) is 0 Å². The van der Waals surface area contributed by atoms with Crippen LogP contribution in [0.2, 0.25) is 0 Å². The van der Waals surface area contributed by atoms with Gasteiger partial charge in [0, 0.05) is 11.4 Å². The molecule has 2 rings (SSSR count). The van der Waals surface area contributed by atoms with E-state index in [-0.39, 0.29) is 12.6 Å². The van der Waals surface area contributed by atoms with Crippen molar-refractivity contribution in [2.24, 2.45) is 0 Å². The Morgan fingerprint density at radius 2 is 2.22 bits per heavy atom. The van der Waals surface area contributed by atoms with Crippen LogP contribution in [0.4, 0.5) is 4.79 Å². The van der Waals surface area contributed by atoms with E-state index in [1.807, 2.05) is 34.3 Å². The number of amides is 2. The quantitative estimate of drug-likeness (QED) is 0.788. The van der Waals surface area contributed by atoms with Crippen molar-refractivity contribution in [1.82, 2.24) is 10.6 Å². The van der Waals surface area contributed by atoms with Crippen LogP contribution in [0.15, 0.2) is 34.3 Å². The molecular formula is C12H14N2O2S2. The van der Waals surface area contributed by atoms with E-state index in [2.05, 4.69) is 10.6 Å². The van der Waals surface area contributed by atoms with Crippen LogP contribution in [0.5, 0.6) is 0 Å². The molecule has 0 aliphatic rings. The van der Waals surface area contributed by atoms with Gasteiger partial charge in [-0.25, -0.2) is 4.79 Å². The van der Waals surface area contributed by atoms with Gasteiger partial charge in [0.05, 0.1) is 12.6 Å². The summed E-state index contributed by atoms with van der Waals surface area (Å²) in [4.78, 5) is 12.6. The highest BCUT2D eigenvalue weighted by Crippen LogP contribution is 2.14. The first-order valence-electron chi connectivity index (χ1n) is 5.50. The zero-order valence-corrected chi connectivity index (χ0v) is 11.3. The Morgan fingerprint density at radius 3 is 2.89 bits per heavy atom. The van der Waals surface area contributed by atoms with Crippen LogP contribution in [-0.4, -0.2) is 17.7 Å². The van der Waals surface area contributed by atoms with Crippen molar-refractivity contribution < 1.29 is 9.90 Å². The van der Waals surface area contributed by atoms with Gasteiger partial charge in [-0.15, -0.1) is 11.3 Å². The number of hydrogen-bond acceptors (Lipinski definition) is 4. The molecule has 0 saturated heterocycles. The summed E-state index contributed by atoms with van der Waals surface area (Å²) >= 11 is 3.12. The molecule has 2 aromatic rings. The second-order valence-corrected chi connectivity index (χ2v) is 5.53. The summed E-state index contributed by atoms with van der Waals surface area (Å²) in [5.74, 6) is 0. The largest absolute Gasteiger partial charge is 0.387 e. The van der Waals surface area contributed by atoms with E-state index in [0.29, 0.717) is 6.54 Å². The van der Waals surface area contributed by atoms with Crippen molar-refractivity contribution in [1.29, 1.82) is 0 Å². The molecule has 0 aliphatic carbocycles. The summed E-state index contributed by atoms with van der Waals surface area (Å²) in [6, 6.07) is 5.49. The third-order valence-corrected chi connectivity index (χ3v) is 3.97. The molecule has 1 atom stereocenters. The molecule has 2 heterocycles. The molecule has 3 N–H and O–H groups in total. The number of aliphatic hydroxyl groups is 1. The minimum atomic E-state index is -0.649. The van der Waals surface area contributed by atoms with Crippen molar-refractivity contribution in [3.05, 3.63) is 44.8 Å². The number of carbonyl (C=O) groups is 1. The average Bonchev–Trinajstić information content (AvgIpc) is 3.05. The lowest BCUT2D eigenvalue weighted by molar-refractivity contribution is 0.173. The minimum absolute atomic E-state index is 0.215. The normalized spacial score (nSPS) is 12.1. The van der Waals surface area contributed by atoms with Crippen molar-refractivity contribution in [2.75, 3.05) is 6.54 Å². The van der Waals surface area contributed by atoms with Gasteiger partial charge in [0.1, 0.15) is 0 Å². The lowest BCUT2D eigenvalue weighted by atomic mass is 10.2. The van der Waals surface area contributed by atoms with Crippen LogP contribution >= 0.6 is 22.7 Å².